The number of nitrogens with zero attached hydrogens (tertiary/aromatic N) is 3. The van der Waals surface area contributed by atoms with E-state index >= 15 is 9.59 Å². The first-order chi connectivity index (χ1) is 36.4. The van der Waals surface area contributed by atoms with Gasteiger partial charge < -0.3 is 5.32 Å². The van der Waals surface area contributed by atoms with Crippen molar-refractivity contribution in [2.24, 2.45) is 4.99 Å². The molecule has 6 nitrogen and oxygen atoms in total. The quantitative estimate of drug-likeness (QED) is 0.0843. The number of amidine groups is 1. The number of hydrogen-bond donors (Lipinski definition) is 1. The number of nitrogens with one attached hydrogen (secondary N) is 1. The third-order valence-corrected chi connectivity index (χ3v) is 26.1. The number of anilines is 4. The number of benzodiazepines with no additional fused rings is 1. The Morgan fingerprint density at radius 2 is 0.987 bits per heavy atom. The van der Waals surface area contributed by atoms with Crippen LogP contribution in [0.15, 0.2) is 229 Å². The Hall–Kier alpha value is -6.94. The summed E-state index contributed by atoms with van der Waals surface area (Å²) in [5, 5.41) is 9.15. The van der Waals surface area contributed by atoms with Crippen molar-refractivity contribution in [1.82, 2.24) is 5.32 Å². The summed E-state index contributed by atoms with van der Waals surface area (Å²) in [6.45, 7) is 13.4. The first-order valence-corrected chi connectivity index (χ1v) is 30.5. The molecule has 0 bridgehead atoms. The lowest BCUT2D eigenvalue weighted by molar-refractivity contribution is -0.124. The summed E-state index contributed by atoms with van der Waals surface area (Å²) in [6, 6.07) is 68.5. The van der Waals surface area contributed by atoms with Gasteiger partial charge in [-0.05, 0) is 128 Å². The monoisotopic (exact) mass is 1110 g/mol. The molecule has 2 amide bonds. The van der Waals surface area contributed by atoms with Crippen LogP contribution in [0.1, 0.15) is 47.1 Å². The molecule has 1 atom stereocenters. The lowest BCUT2D eigenvalue weighted by Gasteiger charge is -2.45. The molecule has 380 valence electrons. The van der Waals surface area contributed by atoms with E-state index in [-0.39, 0.29) is 5.04 Å². The number of allylic oxidation sites excluding steroid dienone is 1. The molecule has 0 fully saturated rings. The lowest BCUT2D eigenvalue weighted by atomic mass is 10.1. The summed E-state index contributed by atoms with van der Waals surface area (Å²) < 4.78 is 0. The van der Waals surface area contributed by atoms with Gasteiger partial charge >= 0.3 is 0 Å². The van der Waals surface area contributed by atoms with E-state index in [9.17, 15) is 0 Å². The molecule has 76 heavy (non-hydrogen) atoms. The highest BCUT2D eigenvalue weighted by molar-refractivity contribution is 7.12. The number of benzene rings is 8. The van der Waals surface area contributed by atoms with Gasteiger partial charge in [0, 0.05) is 47.9 Å². The van der Waals surface area contributed by atoms with E-state index < -0.39 is 39.2 Å². The first kappa shape index (κ1) is 53.9. The van der Waals surface area contributed by atoms with Crippen LogP contribution in [0.2, 0.25) is 30.2 Å². The number of fused-ring (bicyclic) bond motifs is 1. The molecule has 1 N–H and O–H groups in total. The average Bonchev–Trinajstić information content (AvgIpc) is 3.57. The molecule has 0 spiro atoms. The molecule has 0 radical (unpaired) electrons. The highest BCUT2D eigenvalue weighted by Gasteiger charge is 2.54. The van der Waals surface area contributed by atoms with Crippen LogP contribution in [0.4, 0.5) is 22.7 Å². The minimum atomic E-state index is -3.55. The topological polar surface area (TPSA) is 65.0 Å². The van der Waals surface area contributed by atoms with Crippen LogP contribution in [-0.2, 0) is 9.59 Å². The normalized spacial score (nSPS) is 14.2. The van der Waals surface area contributed by atoms with Gasteiger partial charge in [-0.2, -0.15) is 0 Å². The minimum Gasteiger partial charge on any atom is -0.323 e. The molecule has 12 heteroatoms. The Morgan fingerprint density at radius 3 is 1.42 bits per heavy atom. The second-order valence-electron chi connectivity index (χ2n) is 20.7. The molecular formula is C64H56Cl4N4O2Si2. The van der Waals surface area contributed by atoms with E-state index in [1.54, 1.807) is 71.6 Å². The van der Waals surface area contributed by atoms with Crippen molar-refractivity contribution in [2.45, 2.75) is 57.8 Å². The molecule has 1 unspecified atom stereocenters. The second-order valence-corrected chi connectivity index (χ2v) is 31.6. The van der Waals surface area contributed by atoms with Crippen molar-refractivity contribution < 1.29 is 9.59 Å². The molecule has 1 aliphatic heterocycles. The maximum absolute atomic E-state index is 16.6. The highest BCUT2D eigenvalue weighted by atomic mass is 35.5. The molecular weight excluding hydrogens is 1050 g/mol. The Labute approximate surface area is 468 Å². The van der Waals surface area contributed by atoms with E-state index in [4.69, 9.17) is 51.4 Å². The molecule has 0 aliphatic carbocycles. The predicted octanol–water partition coefficient (Wildman–Crippen LogP) is 14.1. The third kappa shape index (κ3) is 10.5. The van der Waals surface area contributed by atoms with Gasteiger partial charge in [-0.25, -0.2) is 4.99 Å². The van der Waals surface area contributed by atoms with Gasteiger partial charge in [0.05, 0.1) is 5.69 Å². The fourth-order valence-electron chi connectivity index (χ4n) is 10.7. The van der Waals surface area contributed by atoms with E-state index in [2.05, 4.69) is 131 Å². The van der Waals surface area contributed by atoms with Gasteiger partial charge in [0.25, 0.3) is 5.91 Å². The van der Waals surface area contributed by atoms with Gasteiger partial charge in [-0.3, -0.25) is 19.4 Å². The number of carbonyl (C=O) groups excluding carboxylic acids is 2. The molecule has 0 saturated carbocycles. The standard InChI is InChI=1S/C64H56Cl4N4O2Si2/c1-63(2,3)75(52-20-11-7-12-21-52,53-22-13-8-14-23-53)43-19-28-58(76(64(4,5)6,54-24-15-9-16-25-54)55-26-17-10-18-27-55)61(73)70-59-62(74)72(51-40-33-47(67)34-41-51)57-42-35-48(68)44-56(57)60(69-59)71(49-36-29-45(65)30-37-49)50-38-31-46(66)32-39-50/h7-18,20-42,44,59H,1-6H3,(H,70,73). The summed E-state index contributed by atoms with van der Waals surface area (Å²) >= 11 is 26.5. The largest absolute Gasteiger partial charge is 0.323 e. The van der Waals surface area contributed by atoms with E-state index in [1.807, 2.05) is 83.8 Å². The number of carbonyl (C=O) groups is 2. The smallest absolute Gasteiger partial charge is 0.276 e. The third-order valence-electron chi connectivity index (χ3n) is 14.1. The number of aliphatic imine (C=N–C) groups is 1. The van der Waals surface area contributed by atoms with Crippen LogP contribution in [0.3, 0.4) is 0 Å². The number of halogens is 4. The molecule has 8 aromatic carbocycles. The molecule has 0 aromatic heterocycles. The zero-order chi connectivity index (χ0) is 53.8. The zero-order valence-electron chi connectivity index (χ0n) is 43.0. The fraction of sp³-hybridized carbons (Fsp3) is 0.141. The molecule has 1 aliphatic rings. The Morgan fingerprint density at radius 1 is 0.566 bits per heavy atom. The van der Waals surface area contributed by atoms with Crippen LogP contribution in [-0.4, -0.2) is 40.0 Å². The van der Waals surface area contributed by atoms with Crippen LogP contribution in [0.25, 0.3) is 0 Å². The minimum absolute atomic E-state index is 0.308. The summed E-state index contributed by atoms with van der Waals surface area (Å²) in [5.74, 6) is 2.97. The zero-order valence-corrected chi connectivity index (χ0v) is 48.1. The van der Waals surface area contributed by atoms with Crippen molar-refractivity contribution in [3.05, 3.63) is 249 Å². The van der Waals surface area contributed by atoms with Crippen molar-refractivity contribution in [1.29, 1.82) is 0 Å². The second kappa shape index (κ2) is 22.3. The maximum Gasteiger partial charge on any atom is 0.276 e. The number of rotatable bonds is 10. The van der Waals surface area contributed by atoms with Crippen LogP contribution < -0.4 is 35.9 Å². The van der Waals surface area contributed by atoms with Crippen molar-refractivity contribution in [3.63, 3.8) is 0 Å². The lowest BCUT2D eigenvalue weighted by Crippen LogP contribution is -2.68. The summed E-state index contributed by atoms with van der Waals surface area (Å²) in [5.41, 5.74) is 6.77. The summed E-state index contributed by atoms with van der Waals surface area (Å²) in [6.07, 6.45) is 0.328. The average molecular weight is 1110 g/mol. The number of hydrogen-bond acceptors (Lipinski definition) is 4. The Bertz CT molecular complexity index is 3380. The maximum atomic E-state index is 16.6. The van der Waals surface area contributed by atoms with E-state index in [0.29, 0.717) is 59.4 Å². The van der Waals surface area contributed by atoms with Gasteiger partial charge in [-0.1, -0.05) is 215 Å². The van der Waals surface area contributed by atoms with Crippen LogP contribution in [0.5, 0.6) is 0 Å². The molecule has 8 aromatic rings. The Balaban J connectivity index is 1.35. The van der Waals surface area contributed by atoms with Crippen molar-refractivity contribution in [3.8, 4) is 11.5 Å². The van der Waals surface area contributed by atoms with Gasteiger partial charge in [0.2, 0.25) is 20.1 Å². The van der Waals surface area contributed by atoms with Gasteiger partial charge in [-0.15, -0.1) is 5.54 Å². The fourth-order valence-corrected chi connectivity index (χ4v) is 21.2. The van der Waals surface area contributed by atoms with Gasteiger partial charge in [0.1, 0.15) is 5.84 Å². The Kier molecular flexibility index (Phi) is 15.8. The van der Waals surface area contributed by atoms with Crippen LogP contribution >= 0.6 is 46.4 Å². The van der Waals surface area contributed by atoms with Crippen molar-refractivity contribution in [2.75, 3.05) is 9.80 Å². The predicted molar refractivity (Wildman–Crippen MR) is 325 cm³/mol. The SMILES string of the molecule is CC(C)(C)[Si](C#CC=C(C(=O)NC1N=C(N(c2ccc(Cl)cc2)c2ccc(Cl)cc2)c2cc(Cl)ccc2N(c2ccc(Cl)cc2)C1=O)[Si](c1ccccc1)(c1ccccc1)C(C)(C)C)(c1ccccc1)c1ccccc1. The highest BCUT2D eigenvalue weighted by Crippen LogP contribution is 2.43. The van der Waals surface area contributed by atoms with Crippen molar-refractivity contribution >= 4 is 124 Å². The molecule has 9 rings (SSSR count). The molecule has 1 heterocycles. The first-order valence-electron chi connectivity index (χ1n) is 25.0. The van der Waals surface area contributed by atoms with E-state index in [1.165, 1.54) is 0 Å². The number of amides is 2. The molecule has 0 saturated heterocycles. The van der Waals surface area contributed by atoms with E-state index in [0.717, 1.165) is 20.7 Å². The summed E-state index contributed by atoms with van der Waals surface area (Å²) in [7, 11) is -6.56. The summed E-state index contributed by atoms with van der Waals surface area (Å²) in [4.78, 5) is 41.4. The van der Waals surface area contributed by atoms with Gasteiger partial charge in [0.15, 0.2) is 8.07 Å². The van der Waals surface area contributed by atoms with Crippen LogP contribution in [0, 0.1) is 11.5 Å².